The molecular weight excluding hydrogens is 266 g/mol. The van der Waals surface area contributed by atoms with Crippen LogP contribution in [0.15, 0.2) is 12.4 Å². The molecule has 0 amide bonds. The number of carbonyl (C=O) groups is 1. The first-order chi connectivity index (χ1) is 10.2. The van der Waals surface area contributed by atoms with E-state index in [1.54, 1.807) is 6.20 Å². The van der Waals surface area contributed by atoms with Gasteiger partial charge in [-0.3, -0.25) is 0 Å². The first-order valence-electron chi connectivity index (χ1n) is 7.84. The molecule has 4 bridgehead atoms. The number of aromatic nitrogens is 2. The number of nitrogens with one attached hydrogen (secondary N) is 1. The molecule has 1 N–H and O–H groups in total. The summed E-state index contributed by atoms with van der Waals surface area (Å²) in [6.07, 6.45) is 11.2. The minimum absolute atomic E-state index is 0.218. The Bertz CT molecular complexity index is 520. The number of esters is 1. The van der Waals surface area contributed by atoms with Crippen LogP contribution in [0.5, 0.6) is 0 Å². The van der Waals surface area contributed by atoms with Gasteiger partial charge < -0.3 is 10.1 Å². The molecule has 4 aliphatic carbocycles. The standard InChI is InChI=1S/C16H21N3O2/c1-21-15(20)13-8-18-14(9-17-13)19-16-5-10-2-11(6-16)4-12(3-10)7-16/h8-12H,2-7H2,1H3,(H,18,19). The Balaban J connectivity index is 1.52. The highest BCUT2D eigenvalue weighted by Gasteiger charge is 2.51. The summed E-state index contributed by atoms with van der Waals surface area (Å²) in [4.78, 5) is 19.9. The van der Waals surface area contributed by atoms with E-state index in [0.29, 0.717) is 0 Å². The monoisotopic (exact) mass is 287 g/mol. The van der Waals surface area contributed by atoms with Gasteiger partial charge in [0.05, 0.1) is 19.5 Å². The molecule has 0 atom stereocenters. The first kappa shape index (κ1) is 13.0. The predicted octanol–water partition coefficient (Wildman–Crippen LogP) is 2.64. The minimum atomic E-state index is -0.441. The molecule has 4 saturated carbocycles. The van der Waals surface area contributed by atoms with Crippen molar-refractivity contribution in [2.45, 2.75) is 44.1 Å². The number of anilines is 1. The highest BCUT2D eigenvalue weighted by molar-refractivity contribution is 5.86. The van der Waals surface area contributed by atoms with Gasteiger partial charge in [0.15, 0.2) is 5.69 Å². The quantitative estimate of drug-likeness (QED) is 0.866. The van der Waals surface area contributed by atoms with Crippen LogP contribution >= 0.6 is 0 Å². The van der Waals surface area contributed by atoms with Gasteiger partial charge in [0.25, 0.3) is 0 Å². The van der Waals surface area contributed by atoms with Crippen LogP contribution in [0.3, 0.4) is 0 Å². The number of methoxy groups -OCH3 is 1. The number of ether oxygens (including phenoxy) is 1. The molecule has 21 heavy (non-hydrogen) atoms. The third-order valence-electron chi connectivity index (χ3n) is 5.48. The van der Waals surface area contributed by atoms with Crippen molar-refractivity contribution in [3.63, 3.8) is 0 Å². The molecule has 0 aromatic carbocycles. The molecule has 0 radical (unpaired) electrons. The van der Waals surface area contributed by atoms with Gasteiger partial charge in [-0.2, -0.15) is 0 Å². The van der Waals surface area contributed by atoms with E-state index in [1.807, 2.05) is 0 Å². The van der Waals surface area contributed by atoms with Crippen molar-refractivity contribution in [3.8, 4) is 0 Å². The second-order valence-corrected chi connectivity index (χ2v) is 7.10. The molecule has 0 unspecified atom stereocenters. The van der Waals surface area contributed by atoms with E-state index in [-0.39, 0.29) is 11.2 Å². The van der Waals surface area contributed by atoms with E-state index in [0.717, 1.165) is 23.6 Å². The van der Waals surface area contributed by atoms with Crippen molar-refractivity contribution in [1.82, 2.24) is 9.97 Å². The molecule has 0 aliphatic heterocycles. The van der Waals surface area contributed by atoms with E-state index < -0.39 is 5.97 Å². The van der Waals surface area contributed by atoms with Gasteiger partial charge in [-0.15, -0.1) is 0 Å². The molecule has 5 heteroatoms. The van der Waals surface area contributed by atoms with Gasteiger partial charge in [-0.1, -0.05) is 0 Å². The molecule has 5 rings (SSSR count). The van der Waals surface area contributed by atoms with Crippen molar-refractivity contribution in [2.75, 3.05) is 12.4 Å². The smallest absolute Gasteiger partial charge is 0.358 e. The molecule has 5 nitrogen and oxygen atoms in total. The van der Waals surface area contributed by atoms with Crippen molar-refractivity contribution in [1.29, 1.82) is 0 Å². The highest BCUT2D eigenvalue weighted by Crippen LogP contribution is 2.56. The number of nitrogens with zero attached hydrogens (tertiary/aromatic N) is 2. The fourth-order valence-electron chi connectivity index (χ4n) is 5.14. The van der Waals surface area contributed by atoms with Gasteiger partial charge in [0.1, 0.15) is 5.82 Å². The van der Waals surface area contributed by atoms with Crippen molar-refractivity contribution >= 4 is 11.8 Å². The third-order valence-corrected chi connectivity index (χ3v) is 5.48. The zero-order valence-electron chi connectivity index (χ0n) is 12.3. The normalized spacial score (nSPS) is 36.5. The zero-order valence-corrected chi connectivity index (χ0v) is 12.3. The molecule has 4 aliphatic rings. The third kappa shape index (κ3) is 2.28. The van der Waals surface area contributed by atoms with Crippen LogP contribution in [-0.2, 0) is 4.74 Å². The largest absolute Gasteiger partial charge is 0.464 e. The summed E-state index contributed by atoms with van der Waals surface area (Å²) in [6.45, 7) is 0. The topological polar surface area (TPSA) is 64.1 Å². The van der Waals surface area contributed by atoms with Crippen molar-refractivity contribution in [3.05, 3.63) is 18.1 Å². The lowest BCUT2D eigenvalue weighted by atomic mass is 9.53. The van der Waals surface area contributed by atoms with E-state index >= 15 is 0 Å². The van der Waals surface area contributed by atoms with Crippen LogP contribution in [0.25, 0.3) is 0 Å². The maximum absolute atomic E-state index is 11.4. The highest BCUT2D eigenvalue weighted by atomic mass is 16.5. The molecule has 1 aromatic rings. The van der Waals surface area contributed by atoms with Crippen LogP contribution in [-0.4, -0.2) is 28.6 Å². The van der Waals surface area contributed by atoms with E-state index in [4.69, 9.17) is 0 Å². The summed E-state index contributed by atoms with van der Waals surface area (Å²) >= 11 is 0. The average molecular weight is 287 g/mol. The molecule has 1 heterocycles. The van der Waals surface area contributed by atoms with Gasteiger partial charge >= 0.3 is 5.97 Å². The van der Waals surface area contributed by atoms with E-state index in [9.17, 15) is 4.79 Å². The summed E-state index contributed by atoms with van der Waals surface area (Å²) < 4.78 is 4.65. The lowest BCUT2D eigenvalue weighted by Gasteiger charge is -2.57. The Morgan fingerprint density at radius 1 is 1.14 bits per heavy atom. The first-order valence-corrected chi connectivity index (χ1v) is 7.84. The Hall–Kier alpha value is -1.65. The van der Waals surface area contributed by atoms with Crippen molar-refractivity contribution in [2.24, 2.45) is 17.8 Å². The molecule has 0 spiro atoms. The average Bonchev–Trinajstić information content (AvgIpc) is 2.45. The fourth-order valence-corrected chi connectivity index (χ4v) is 5.14. The minimum Gasteiger partial charge on any atom is -0.464 e. The van der Waals surface area contributed by atoms with Gasteiger partial charge in [0.2, 0.25) is 0 Å². The second kappa shape index (κ2) is 4.68. The molecule has 4 fully saturated rings. The van der Waals surface area contributed by atoms with Crippen LogP contribution < -0.4 is 5.32 Å². The molecule has 0 saturated heterocycles. The molecule has 1 aromatic heterocycles. The Morgan fingerprint density at radius 3 is 2.24 bits per heavy atom. The lowest BCUT2D eigenvalue weighted by Crippen LogP contribution is -2.54. The summed E-state index contributed by atoms with van der Waals surface area (Å²) in [6, 6.07) is 0. The van der Waals surface area contributed by atoms with E-state index in [2.05, 4.69) is 20.0 Å². The van der Waals surface area contributed by atoms with Crippen LogP contribution in [0.2, 0.25) is 0 Å². The lowest BCUT2D eigenvalue weighted by molar-refractivity contribution is 0.0105. The fraction of sp³-hybridized carbons (Fsp3) is 0.688. The predicted molar refractivity (Wildman–Crippen MR) is 77.9 cm³/mol. The molecular formula is C16H21N3O2. The maximum Gasteiger partial charge on any atom is 0.358 e. The van der Waals surface area contributed by atoms with Crippen molar-refractivity contribution < 1.29 is 9.53 Å². The van der Waals surface area contributed by atoms with Crippen LogP contribution in [0, 0.1) is 17.8 Å². The summed E-state index contributed by atoms with van der Waals surface area (Å²) in [7, 11) is 1.35. The number of rotatable bonds is 3. The van der Waals surface area contributed by atoms with E-state index in [1.165, 1.54) is 51.8 Å². The van der Waals surface area contributed by atoms with Gasteiger partial charge in [0, 0.05) is 5.54 Å². The van der Waals surface area contributed by atoms with Crippen LogP contribution in [0.1, 0.15) is 49.0 Å². The molecule has 112 valence electrons. The van der Waals surface area contributed by atoms with Gasteiger partial charge in [-0.25, -0.2) is 14.8 Å². The summed E-state index contributed by atoms with van der Waals surface area (Å²) in [5.74, 6) is 3.02. The second-order valence-electron chi connectivity index (χ2n) is 7.10. The number of carbonyl (C=O) groups excluding carboxylic acids is 1. The van der Waals surface area contributed by atoms with Crippen LogP contribution in [0.4, 0.5) is 5.82 Å². The summed E-state index contributed by atoms with van der Waals surface area (Å²) in [5.41, 5.74) is 0.476. The summed E-state index contributed by atoms with van der Waals surface area (Å²) in [5, 5.41) is 3.64. The zero-order chi connectivity index (χ0) is 14.4. The Morgan fingerprint density at radius 2 is 1.76 bits per heavy atom. The van der Waals surface area contributed by atoms with Gasteiger partial charge in [-0.05, 0) is 56.3 Å². The Kier molecular flexibility index (Phi) is 2.91. The number of hydrogen-bond acceptors (Lipinski definition) is 5. The SMILES string of the molecule is COC(=O)c1cnc(NC23CC4CC(CC(C4)C2)C3)cn1. The Labute approximate surface area is 124 Å². The maximum atomic E-state index is 11.4. The number of hydrogen-bond donors (Lipinski definition) is 1.